The quantitative estimate of drug-likeness (QED) is 0.554. The molecule has 14 heavy (non-hydrogen) atoms. The molecule has 1 rings (SSSR count). The van der Waals surface area contributed by atoms with Gasteiger partial charge in [-0.05, 0) is 0 Å². The van der Waals surface area contributed by atoms with Crippen molar-refractivity contribution in [3.63, 3.8) is 0 Å². The van der Waals surface area contributed by atoms with E-state index in [1.54, 1.807) is 0 Å². The molecule has 8 nitrogen and oxygen atoms in total. The number of hydrogen-bond donors (Lipinski definition) is 3. The number of hydrogen-bond acceptors (Lipinski definition) is 8. The molecular formula is C5H10N6O2S. The molecule has 5 N–H and O–H groups in total. The van der Waals surface area contributed by atoms with Gasteiger partial charge in [-0.2, -0.15) is 15.0 Å². The highest BCUT2D eigenvalue weighted by Crippen LogP contribution is 2.03. The first-order chi connectivity index (χ1) is 6.37. The molecule has 0 fully saturated rings. The summed E-state index contributed by atoms with van der Waals surface area (Å²) in [7, 11) is -3.14. The number of nitrogens with zero attached hydrogens (tertiary/aromatic N) is 3. The summed E-state index contributed by atoms with van der Waals surface area (Å²) in [6.07, 6.45) is 1.08. The summed E-state index contributed by atoms with van der Waals surface area (Å²) in [5, 5.41) is 2.46. The monoisotopic (exact) mass is 218 g/mol. The summed E-state index contributed by atoms with van der Waals surface area (Å²) in [6, 6.07) is 0. The molecule has 0 saturated heterocycles. The lowest BCUT2D eigenvalue weighted by Crippen LogP contribution is -2.16. The third-order valence-electron chi connectivity index (χ3n) is 1.16. The van der Waals surface area contributed by atoms with Crippen LogP contribution in [0, 0.1) is 0 Å². The molecule has 1 aromatic rings. The fourth-order valence-electron chi connectivity index (χ4n) is 0.684. The van der Waals surface area contributed by atoms with E-state index in [-0.39, 0.29) is 23.7 Å². The maximum Gasteiger partial charge on any atom is 0.230 e. The van der Waals surface area contributed by atoms with Gasteiger partial charge < -0.3 is 16.8 Å². The van der Waals surface area contributed by atoms with Gasteiger partial charge in [-0.25, -0.2) is 8.42 Å². The predicted molar refractivity (Wildman–Crippen MR) is 52.0 cm³/mol. The van der Waals surface area contributed by atoms with Crippen molar-refractivity contribution in [1.29, 1.82) is 0 Å². The van der Waals surface area contributed by atoms with Gasteiger partial charge in [-0.1, -0.05) is 0 Å². The Bertz CT molecular complexity index is 410. The summed E-state index contributed by atoms with van der Waals surface area (Å²) < 4.78 is 21.6. The smallest absolute Gasteiger partial charge is 0.230 e. The first-order valence-corrected chi connectivity index (χ1v) is 5.61. The molecule has 0 aliphatic rings. The molecule has 0 bridgehead atoms. The van der Waals surface area contributed by atoms with Gasteiger partial charge in [0.05, 0.1) is 0 Å². The molecule has 0 atom stereocenters. The van der Waals surface area contributed by atoms with E-state index < -0.39 is 9.84 Å². The lowest BCUT2D eigenvalue weighted by Gasteiger charge is -2.03. The largest absolute Gasteiger partial charge is 0.368 e. The van der Waals surface area contributed by atoms with Gasteiger partial charge in [0.15, 0.2) is 9.84 Å². The average Bonchev–Trinajstić information content (AvgIpc) is 1.97. The van der Waals surface area contributed by atoms with Crippen LogP contribution in [0.2, 0.25) is 0 Å². The van der Waals surface area contributed by atoms with Crippen molar-refractivity contribution in [2.75, 3.05) is 28.9 Å². The highest BCUT2D eigenvalue weighted by Gasteiger charge is 2.05. The molecule has 0 spiro atoms. The minimum Gasteiger partial charge on any atom is -0.368 e. The zero-order chi connectivity index (χ0) is 10.8. The number of nitrogens with two attached hydrogens (primary N) is 2. The molecular weight excluding hydrogens is 208 g/mol. The second kappa shape index (κ2) is 3.62. The molecule has 1 heterocycles. The van der Waals surface area contributed by atoms with Crippen molar-refractivity contribution in [1.82, 2.24) is 15.0 Å². The lowest BCUT2D eigenvalue weighted by molar-refractivity contribution is 0.603. The van der Waals surface area contributed by atoms with Crippen molar-refractivity contribution in [3.05, 3.63) is 0 Å². The summed E-state index contributed by atoms with van der Waals surface area (Å²) in [5.41, 5.74) is 10.5. The molecule has 1 aromatic heterocycles. The van der Waals surface area contributed by atoms with Gasteiger partial charge in [0.2, 0.25) is 17.8 Å². The Morgan fingerprint density at radius 2 is 1.71 bits per heavy atom. The van der Waals surface area contributed by atoms with E-state index >= 15 is 0 Å². The van der Waals surface area contributed by atoms with Crippen LogP contribution in [0.15, 0.2) is 0 Å². The fourth-order valence-corrected chi connectivity index (χ4v) is 1.08. The van der Waals surface area contributed by atoms with Gasteiger partial charge >= 0.3 is 0 Å². The van der Waals surface area contributed by atoms with E-state index in [1.165, 1.54) is 0 Å². The van der Waals surface area contributed by atoms with Crippen LogP contribution in [0.4, 0.5) is 17.8 Å². The van der Waals surface area contributed by atoms with Gasteiger partial charge in [0.25, 0.3) is 0 Å². The first kappa shape index (κ1) is 10.4. The van der Waals surface area contributed by atoms with Gasteiger partial charge in [0, 0.05) is 6.26 Å². The Hall–Kier alpha value is -1.64. The summed E-state index contributed by atoms with van der Waals surface area (Å²) in [6.45, 7) is 0. The Morgan fingerprint density at radius 1 is 1.21 bits per heavy atom. The van der Waals surface area contributed by atoms with Crippen molar-refractivity contribution >= 4 is 27.7 Å². The van der Waals surface area contributed by atoms with Crippen molar-refractivity contribution in [2.24, 2.45) is 0 Å². The number of aromatic nitrogens is 3. The SMILES string of the molecule is CS(=O)(=O)CNc1nc(N)nc(N)n1. The van der Waals surface area contributed by atoms with Crippen LogP contribution >= 0.6 is 0 Å². The number of rotatable bonds is 3. The van der Waals surface area contributed by atoms with E-state index in [4.69, 9.17) is 11.5 Å². The minimum absolute atomic E-state index is 0.0421. The highest BCUT2D eigenvalue weighted by molar-refractivity contribution is 7.90. The van der Waals surface area contributed by atoms with Crippen molar-refractivity contribution in [2.45, 2.75) is 0 Å². The van der Waals surface area contributed by atoms with Gasteiger partial charge in [-0.3, -0.25) is 0 Å². The zero-order valence-electron chi connectivity index (χ0n) is 7.43. The molecule has 0 aliphatic carbocycles. The second-order valence-corrected chi connectivity index (χ2v) is 4.76. The van der Waals surface area contributed by atoms with E-state index in [0.717, 1.165) is 6.26 Å². The predicted octanol–water partition coefficient (Wildman–Crippen LogP) is -1.55. The standard InChI is InChI=1S/C5H10N6O2S/c1-14(12,13)2-8-5-10-3(6)9-4(7)11-5/h2H2,1H3,(H5,6,7,8,9,10,11). The Kier molecular flexibility index (Phi) is 2.70. The topological polar surface area (TPSA) is 137 Å². The van der Waals surface area contributed by atoms with Gasteiger partial charge in [0.1, 0.15) is 5.88 Å². The third kappa shape index (κ3) is 3.39. The molecule has 0 aromatic carbocycles. The Morgan fingerprint density at radius 3 is 2.14 bits per heavy atom. The Balaban J connectivity index is 2.78. The van der Waals surface area contributed by atoms with E-state index in [2.05, 4.69) is 20.3 Å². The molecule has 9 heteroatoms. The Labute approximate surface area is 80.7 Å². The molecule has 78 valence electrons. The molecule has 0 radical (unpaired) electrons. The first-order valence-electron chi connectivity index (χ1n) is 3.55. The summed E-state index contributed by atoms with van der Waals surface area (Å²) >= 11 is 0. The average molecular weight is 218 g/mol. The van der Waals surface area contributed by atoms with Crippen LogP contribution < -0.4 is 16.8 Å². The minimum atomic E-state index is -3.14. The maximum atomic E-state index is 10.8. The maximum absolute atomic E-state index is 10.8. The van der Waals surface area contributed by atoms with Crippen LogP contribution in [-0.2, 0) is 9.84 Å². The molecule has 0 amide bonds. The van der Waals surface area contributed by atoms with Crippen LogP contribution in [0.25, 0.3) is 0 Å². The zero-order valence-corrected chi connectivity index (χ0v) is 8.24. The number of sulfone groups is 1. The molecule has 0 aliphatic heterocycles. The normalized spacial score (nSPS) is 11.2. The van der Waals surface area contributed by atoms with E-state index in [1.807, 2.05) is 0 Å². The molecule has 0 saturated carbocycles. The van der Waals surface area contributed by atoms with Crippen LogP contribution in [-0.4, -0.2) is 35.5 Å². The number of anilines is 3. The van der Waals surface area contributed by atoms with Crippen LogP contribution in [0.5, 0.6) is 0 Å². The summed E-state index contributed by atoms with van der Waals surface area (Å²) in [4.78, 5) is 10.8. The van der Waals surface area contributed by atoms with Crippen molar-refractivity contribution < 1.29 is 8.42 Å². The van der Waals surface area contributed by atoms with Crippen LogP contribution in [0.1, 0.15) is 0 Å². The highest BCUT2D eigenvalue weighted by atomic mass is 32.2. The summed E-state index contributed by atoms with van der Waals surface area (Å²) in [5.74, 6) is -0.363. The number of nitrogens with one attached hydrogen (secondary N) is 1. The van der Waals surface area contributed by atoms with E-state index in [9.17, 15) is 8.42 Å². The van der Waals surface area contributed by atoms with Crippen molar-refractivity contribution in [3.8, 4) is 0 Å². The van der Waals surface area contributed by atoms with Gasteiger partial charge in [-0.15, -0.1) is 0 Å². The van der Waals surface area contributed by atoms with E-state index in [0.29, 0.717) is 0 Å². The molecule has 0 unspecified atom stereocenters. The van der Waals surface area contributed by atoms with Crippen LogP contribution in [0.3, 0.4) is 0 Å². The fraction of sp³-hybridized carbons (Fsp3) is 0.400. The second-order valence-electron chi connectivity index (χ2n) is 2.62. The third-order valence-corrected chi connectivity index (χ3v) is 1.83. The lowest BCUT2D eigenvalue weighted by atomic mass is 10.8. The number of nitrogen functional groups attached to an aromatic ring is 2.